The average molecular weight is 219 g/mol. The third kappa shape index (κ3) is 1.82. The van der Waals surface area contributed by atoms with E-state index in [2.05, 4.69) is 18.8 Å². The fourth-order valence-electron chi connectivity index (χ4n) is 1.28. The van der Waals surface area contributed by atoms with Gasteiger partial charge >= 0.3 is 0 Å². The van der Waals surface area contributed by atoms with Gasteiger partial charge in [0.1, 0.15) is 0 Å². The summed E-state index contributed by atoms with van der Waals surface area (Å²) in [5.74, 6) is 0.535. The lowest BCUT2D eigenvalue weighted by Crippen LogP contribution is -1.87. The number of rotatable bonds is 2. The Morgan fingerprint density at radius 2 is 2.13 bits per heavy atom. The smallest absolute Gasteiger partial charge is 0.258 e. The van der Waals surface area contributed by atoms with Crippen molar-refractivity contribution in [3.05, 3.63) is 40.4 Å². The summed E-state index contributed by atoms with van der Waals surface area (Å²) in [5, 5.41) is 11.3. The number of pyridine rings is 1. The maximum Gasteiger partial charge on any atom is 0.270 e. The number of non-ortho nitro benzene ring substituents is 1. The van der Waals surface area contributed by atoms with Crippen LogP contribution in [-0.4, -0.2) is 9.91 Å². The molecule has 0 aliphatic heterocycles. The van der Waals surface area contributed by atoms with E-state index in [1.54, 1.807) is 18.2 Å². The molecular formula is C9H6N3O2P. The lowest BCUT2D eigenvalue weighted by molar-refractivity contribution is -0.384. The van der Waals surface area contributed by atoms with E-state index < -0.39 is 4.92 Å². The van der Waals surface area contributed by atoms with Crippen LogP contribution in [0.2, 0.25) is 0 Å². The molecule has 0 amide bonds. The van der Waals surface area contributed by atoms with E-state index in [1.807, 2.05) is 0 Å². The van der Waals surface area contributed by atoms with Crippen molar-refractivity contribution in [1.29, 1.82) is 0 Å². The van der Waals surface area contributed by atoms with Crippen LogP contribution in [0.15, 0.2) is 35.1 Å². The molecule has 0 aliphatic carbocycles. The fourth-order valence-corrected chi connectivity index (χ4v) is 1.40. The number of fused-ring (bicyclic) bond motifs is 1. The highest BCUT2D eigenvalue weighted by Crippen LogP contribution is 2.22. The summed E-state index contributed by atoms with van der Waals surface area (Å²) >= 11 is 0. The first-order valence-corrected chi connectivity index (χ1v) is 4.58. The molecule has 0 atom stereocenters. The second kappa shape index (κ2) is 3.71. The van der Waals surface area contributed by atoms with E-state index >= 15 is 0 Å². The van der Waals surface area contributed by atoms with E-state index in [0.717, 1.165) is 5.39 Å². The summed E-state index contributed by atoms with van der Waals surface area (Å²) in [7, 11) is 2.98. The molecule has 0 bridgehead atoms. The minimum absolute atomic E-state index is 0.0624. The van der Waals surface area contributed by atoms with Crippen LogP contribution in [0, 0.1) is 10.1 Å². The number of nitrogens with zero attached hydrogens (tertiary/aromatic N) is 3. The summed E-state index contributed by atoms with van der Waals surface area (Å²) < 4.78 is 3.74. The summed E-state index contributed by atoms with van der Waals surface area (Å²) in [4.78, 5) is 14.3. The molecule has 0 fully saturated rings. The second-order valence-corrected chi connectivity index (χ2v) is 3.14. The molecule has 15 heavy (non-hydrogen) atoms. The zero-order chi connectivity index (χ0) is 10.8. The number of hydrogen-bond acceptors (Lipinski definition) is 4. The van der Waals surface area contributed by atoms with Gasteiger partial charge in [0.05, 0.1) is 10.4 Å². The van der Waals surface area contributed by atoms with Gasteiger partial charge in [0.25, 0.3) is 5.69 Å². The first kappa shape index (κ1) is 9.68. The average Bonchev–Trinajstić information content (AvgIpc) is 2.27. The first-order chi connectivity index (χ1) is 7.20. The third-order valence-corrected chi connectivity index (χ3v) is 2.21. The van der Waals surface area contributed by atoms with E-state index in [-0.39, 0.29) is 5.69 Å². The van der Waals surface area contributed by atoms with Gasteiger partial charge in [-0.05, 0) is 27.2 Å². The van der Waals surface area contributed by atoms with Crippen LogP contribution in [0.1, 0.15) is 0 Å². The van der Waals surface area contributed by atoms with Crippen molar-refractivity contribution in [3.8, 4) is 0 Å². The van der Waals surface area contributed by atoms with Crippen LogP contribution in [0.4, 0.5) is 11.5 Å². The maximum atomic E-state index is 10.5. The van der Waals surface area contributed by atoms with Gasteiger partial charge in [0.15, 0.2) is 5.82 Å². The van der Waals surface area contributed by atoms with Gasteiger partial charge in [0.2, 0.25) is 0 Å². The molecule has 2 rings (SSSR count). The van der Waals surface area contributed by atoms with Gasteiger partial charge in [-0.2, -0.15) is 0 Å². The molecule has 0 unspecified atom stereocenters. The van der Waals surface area contributed by atoms with Crippen molar-refractivity contribution in [1.82, 2.24) is 4.98 Å². The fraction of sp³-hybridized carbons (Fsp3) is 0. The minimum atomic E-state index is -0.429. The predicted octanol–water partition coefficient (Wildman–Crippen LogP) is 3.10. The predicted molar refractivity (Wildman–Crippen MR) is 58.8 cm³/mol. The van der Waals surface area contributed by atoms with Gasteiger partial charge in [-0.1, -0.05) is 0 Å². The number of hydrogen-bond donors (Lipinski definition) is 0. The van der Waals surface area contributed by atoms with Crippen LogP contribution in [-0.2, 0) is 0 Å². The molecule has 0 aliphatic rings. The zero-order valence-corrected chi connectivity index (χ0v) is 8.54. The monoisotopic (exact) mass is 219 g/mol. The molecule has 0 spiro atoms. The van der Waals surface area contributed by atoms with Crippen molar-refractivity contribution in [2.45, 2.75) is 0 Å². The van der Waals surface area contributed by atoms with E-state index in [1.165, 1.54) is 12.1 Å². The van der Waals surface area contributed by atoms with Gasteiger partial charge in [-0.15, -0.1) is 0 Å². The quantitative estimate of drug-likeness (QED) is 0.442. The summed E-state index contributed by atoms with van der Waals surface area (Å²) in [6, 6.07) is 7.94. The number of aromatic nitrogens is 1. The highest BCUT2D eigenvalue weighted by Gasteiger charge is 2.06. The Morgan fingerprint density at radius 1 is 1.33 bits per heavy atom. The highest BCUT2D eigenvalue weighted by molar-refractivity contribution is 7.04. The van der Waals surface area contributed by atoms with Gasteiger partial charge in [-0.3, -0.25) is 10.1 Å². The lowest BCUT2D eigenvalue weighted by Gasteiger charge is -1.97. The standard InChI is InChI=1S/C9H6N3O2P/c13-12(14)7-2-3-8-6(5-7)1-4-9(10-8)11-15/h1-5,15H. The van der Waals surface area contributed by atoms with Crippen molar-refractivity contribution in [2.24, 2.45) is 4.74 Å². The molecule has 2 aromatic rings. The summed E-state index contributed by atoms with van der Waals surface area (Å²) in [6.45, 7) is 0. The topological polar surface area (TPSA) is 68.4 Å². The largest absolute Gasteiger partial charge is 0.270 e. The molecule has 1 aromatic heterocycles. The number of nitro groups is 1. The van der Waals surface area contributed by atoms with Crippen LogP contribution >= 0.6 is 9.03 Å². The third-order valence-electron chi connectivity index (χ3n) is 1.98. The number of benzene rings is 1. The molecule has 1 aromatic carbocycles. The molecular weight excluding hydrogens is 213 g/mol. The molecule has 0 saturated heterocycles. The normalized spacial score (nSPS) is 10.1. The molecule has 6 heteroatoms. The van der Waals surface area contributed by atoms with Gasteiger partial charge < -0.3 is 0 Å². The van der Waals surface area contributed by atoms with Crippen molar-refractivity contribution in [2.75, 3.05) is 0 Å². The molecule has 0 N–H and O–H groups in total. The van der Waals surface area contributed by atoms with E-state index in [9.17, 15) is 10.1 Å². The van der Waals surface area contributed by atoms with Crippen LogP contribution in [0.25, 0.3) is 10.9 Å². The summed E-state index contributed by atoms with van der Waals surface area (Å²) in [6.07, 6.45) is 0. The Hall–Kier alpha value is -1.87. The molecule has 74 valence electrons. The zero-order valence-electron chi connectivity index (χ0n) is 7.54. The molecule has 1 heterocycles. The Labute approximate surface area is 87.2 Å². The number of nitro benzene ring substituents is 1. The van der Waals surface area contributed by atoms with Crippen molar-refractivity contribution >= 4 is 31.4 Å². The SMILES string of the molecule is O=[N+]([O-])c1ccc2nc(N=P)ccc2c1. The minimum Gasteiger partial charge on any atom is -0.258 e. The van der Waals surface area contributed by atoms with Crippen molar-refractivity contribution < 1.29 is 4.92 Å². The Balaban J connectivity index is 2.64. The van der Waals surface area contributed by atoms with Gasteiger partial charge in [-0.25, -0.2) is 9.73 Å². The van der Waals surface area contributed by atoms with E-state index in [0.29, 0.717) is 11.3 Å². The lowest BCUT2D eigenvalue weighted by atomic mass is 10.2. The summed E-state index contributed by atoms with van der Waals surface area (Å²) in [5.41, 5.74) is 0.743. The van der Waals surface area contributed by atoms with Crippen LogP contribution in [0.3, 0.4) is 0 Å². The van der Waals surface area contributed by atoms with Crippen LogP contribution < -0.4 is 0 Å². The molecule has 0 saturated carbocycles. The Morgan fingerprint density at radius 3 is 2.80 bits per heavy atom. The van der Waals surface area contributed by atoms with Gasteiger partial charge in [0, 0.05) is 17.5 Å². The molecule has 5 nitrogen and oxygen atoms in total. The first-order valence-electron chi connectivity index (χ1n) is 4.13. The highest BCUT2D eigenvalue weighted by atomic mass is 31.0. The maximum absolute atomic E-state index is 10.5. The van der Waals surface area contributed by atoms with E-state index in [4.69, 9.17) is 0 Å². The molecule has 0 radical (unpaired) electrons. The van der Waals surface area contributed by atoms with Crippen molar-refractivity contribution in [3.63, 3.8) is 0 Å². The second-order valence-electron chi connectivity index (χ2n) is 2.92. The van der Waals surface area contributed by atoms with Crippen LogP contribution in [0.5, 0.6) is 0 Å². The Kier molecular flexibility index (Phi) is 2.39. The Bertz CT molecular complexity index is 556.